The highest BCUT2D eigenvalue weighted by atomic mass is 79.9. The van der Waals surface area contributed by atoms with Gasteiger partial charge >= 0.3 is 5.97 Å². The molecule has 0 radical (unpaired) electrons. The van der Waals surface area contributed by atoms with Crippen molar-refractivity contribution in [1.29, 1.82) is 0 Å². The van der Waals surface area contributed by atoms with Gasteiger partial charge in [-0.3, -0.25) is 4.79 Å². The second-order valence-electron chi connectivity index (χ2n) is 4.35. The summed E-state index contributed by atoms with van der Waals surface area (Å²) in [5, 5.41) is 4.58. The zero-order chi connectivity index (χ0) is 14.8. The van der Waals surface area contributed by atoms with Crippen molar-refractivity contribution in [1.82, 2.24) is 5.32 Å². The smallest absolute Gasteiger partial charge is 0.328 e. The monoisotopic (exact) mass is 477 g/mol. The molecule has 0 bridgehead atoms. The van der Waals surface area contributed by atoms with Crippen LogP contribution in [0.25, 0.3) is 0 Å². The van der Waals surface area contributed by atoms with Crippen molar-refractivity contribution in [2.45, 2.75) is 28.4 Å². The summed E-state index contributed by atoms with van der Waals surface area (Å²) in [4.78, 5) is 23.8. The van der Waals surface area contributed by atoms with E-state index in [0.29, 0.717) is 0 Å². The summed E-state index contributed by atoms with van der Waals surface area (Å²) in [6.45, 7) is 3.70. The average Bonchev–Trinajstić information content (AvgIpc) is 2.63. The molecule has 0 saturated heterocycles. The summed E-state index contributed by atoms with van der Waals surface area (Å²) in [5.74, 6) is -0.765. The number of hydrogen-bond donors (Lipinski definition) is 1. The summed E-state index contributed by atoms with van der Waals surface area (Å²) in [5.41, 5.74) is 0. The van der Waals surface area contributed by atoms with Gasteiger partial charge < -0.3 is 10.1 Å². The van der Waals surface area contributed by atoms with Gasteiger partial charge in [0.25, 0.3) is 0 Å². The highest BCUT2D eigenvalue weighted by molar-refractivity contribution is 9.16. The molecule has 0 spiro atoms. The van der Waals surface area contributed by atoms with E-state index >= 15 is 0 Å². The Kier molecular flexibility index (Phi) is 6.41. The van der Waals surface area contributed by atoms with Crippen LogP contribution in [0.3, 0.4) is 0 Å². The second-order valence-corrected chi connectivity index (χ2v) is 9.07. The standard InChI is InChI=1S/C11H14Br3NO3S/c1-5(2)7(9(16)18-3)15-10(17)11(14)8(13)6(12)4-19-11/h4-5,7-8H,1-3H3,(H,15,17)/t7-,8?,11?/m0/s1. The van der Waals surface area contributed by atoms with Crippen LogP contribution in [0.4, 0.5) is 0 Å². The van der Waals surface area contributed by atoms with Gasteiger partial charge in [0.1, 0.15) is 6.04 Å². The van der Waals surface area contributed by atoms with Crippen molar-refractivity contribution in [2.75, 3.05) is 7.11 Å². The fourth-order valence-electron chi connectivity index (χ4n) is 1.47. The van der Waals surface area contributed by atoms with Gasteiger partial charge in [0.2, 0.25) is 5.91 Å². The largest absolute Gasteiger partial charge is 0.467 e. The van der Waals surface area contributed by atoms with Crippen molar-refractivity contribution < 1.29 is 14.3 Å². The summed E-state index contributed by atoms with van der Waals surface area (Å²) >= 11 is 11.6. The second kappa shape index (κ2) is 6.95. The molecule has 1 rings (SSSR count). The van der Waals surface area contributed by atoms with E-state index in [1.54, 1.807) is 0 Å². The van der Waals surface area contributed by atoms with Gasteiger partial charge in [-0.1, -0.05) is 61.6 Å². The molecule has 0 saturated carbocycles. The third-order valence-electron chi connectivity index (χ3n) is 2.63. The van der Waals surface area contributed by atoms with E-state index in [1.807, 2.05) is 19.3 Å². The number of halogens is 3. The molecule has 1 N–H and O–H groups in total. The lowest BCUT2D eigenvalue weighted by Crippen LogP contribution is -2.52. The third kappa shape index (κ3) is 3.77. The van der Waals surface area contributed by atoms with Crippen molar-refractivity contribution >= 4 is 71.4 Å². The van der Waals surface area contributed by atoms with E-state index in [-0.39, 0.29) is 16.7 Å². The molecule has 3 atom stereocenters. The third-order valence-corrected chi connectivity index (χ3v) is 8.85. The highest BCUT2D eigenvalue weighted by Gasteiger charge is 2.48. The van der Waals surface area contributed by atoms with E-state index in [0.717, 1.165) is 4.48 Å². The number of esters is 1. The first-order valence-electron chi connectivity index (χ1n) is 5.49. The maximum absolute atomic E-state index is 12.4. The molecule has 1 aliphatic rings. The number of alkyl halides is 2. The van der Waals surface area contributed by atoms with Gasteiger partial charge in [-0.15, -0.1) is 11.8 Å². The molecule has 1 aliphatic heterocycles. The van der Waals surface area contributed by atoms with Gasteiger partial charge in [0.15, 0.2) is 3.66 Å². The fourth-order valence-corrected chi connectivity index (χ4v) is 4.87. The lowest BCUT2D eigenvalue weighted by molar-refractivity contribution is -0.146. The topological polar surface area (TPSA) is 55.4 Å². The van der Waals surface area contributed by atoms with E-state index in [9.17, 15) is 9.59 Å². The number of thioether (sulfide) groups is 1. The summed E-state index contributed by atoms with van der Waals surface area (Å²) in [6, 6.07) is -0.661. The Morgan fingerprint density at radius 3 is 2.47 bits per heavy atom. The fraction of sp³-hybridized carbons (Fsp3) is 0.636. The summed E-state index contributed by atoms with van der Waals surface area (Å²) in [6.07, 6.45) is 0. The van der Waals surface area contributed by atoms with Crippen LogP contribution in [0.1, 0.15) is 13.8 Å². The molecule has 0 aromatic rings. The number of allylic oxidation sites excluding steroid dienone is 1. The van der Waals surface area contributed by atoms with Crippen LogP contribution in [0.2, 0.25) is 0 Å². The van der Waals surface area contributed by atoms with Crippen molar-refractivity contribution in [3.8, 4) is 0 Å². The summed E-state index contributed by atoms with van der Waals surface area (Å²) in [7, 11) is 1.31. The van der Waals surface area contributed by atoms with Crippen molar-refractivity contribution in [3.63, 3.8) is 0 Å². The number of carbonyl (C=O) groups excluding carboxylic acids is 2. The van der Waals surface area contributed by atoms with Crippen LogP contribution in [0, 0.1) is 5.92 Å². The van der Waals surface area contributed by atoms with Crippen molar-refractivity contribution in [3.05, 3.63) is 9.89 Å². The maximum atomic E-state index is 12.4. The Morgan fingerprint density at radius 2 is 2.11 bits per heavy atom. The van der Waals surface area contributed by atoms with E-state index in [2.05, 4.69) is 53.1 Å². The molecule has 0 fully saturated rings. The number of methoxy groups -OCH3 is 1. The molecule has 0 aliphatic carbocycles. The Balaban J connectivity index is 2.81. The van der Waals surface area contributed by atoms with Crippen LogP contribution < -0.4 is 5.32 Å². The number of carbonyl (C=O) groups is 2. The van der Waals surface area contributed by atoms with E-state index < -0.39 is 15.7 Å². The van der Waals surface area contributed by atoms with Gasteiger partial charge in [-0.05, 0) is 11.3 Å². The van der Waals surface area contributed by atoms with E-state index in [1.165, 1.54) is 18.9 Å². The predicted molar refractivity (Wildman–Crippen MR) is 87.8 cm³/mol. The number of amides is 1. The molecule has 4 nitrogen and oxygen atoms in total. The van der Waals surface area contributed by atoms with Gasteiger partial charge in [0.05, 0.1) is 11.9 Å². The molecule has 2 unspecified atom stereocenters. The molecule has 8 heteroatoms. The van der Waals surface area contributed by atoms with Gasteiger partial charge in [0, 0.05) is 4.48 Å². The maximum Gasteiger partial charge on any atom is 0.328 e. The lowest BCUT2D eigenvalue weighted by atomic mass is 10.0. The molecular weight excluding hydrogens is 466 g/mol. The first-order valence-corrected chi connectivity index (χ1v) is 8.87. The molecule has 19 heavy (non-hydrogen) atoms. The first kappa shape index (κ1) is 17.5. The minimum Gasteiger partial charge on any atom is -0.467 e. The minimum absolute atomic E-state index is 0.0518. The van der Waals surface area contributed by atoms with Gasteiger partial charge in [-0.2, -0.15) is 0 Å². The number of hydrogen-bond acceptors (Lipinski definition) is 4. The normalized spacial score (nSPS) is 27.9. The number of ether oxygens (including phenoxy) is 1. The first-order chi connectivity index (χ1) is 8.74. The average molecular weight is 480 g/mol. The van der Waals surface area contributed by atoms with E-state index in [4.69, 9.17) is 4.74 Å². The molecule has 108 valence electrons. The Hall–Kier alpha value is 0.470. The number of rotatable bonds is 4. The Morgan fingerprint density at radius 1 is 1.53 bits per heavy atom. The quantitative estimate of drug-likeness (QED) is 0.497. The molecule has 1 heterocycles. The highest BCUT2D eigenvalue weighted by Crippen LogP contribution is 2.51. The molecule has 0 aromatic carbocycles. The Labute approximate surface area is 141 Å². The van der Waals surface area contributed by atoms with Crippen LogP contribution in [0.5, 0.6) is 0 Å². The lowest BCUT2D eigenvalue weighted by Gasteiger charge is -2.28. The van der Waals surface area contributed by atoms with Crippen LogP contribution >= 0.6 is 59.6 Å². The van der Waals surface area contributed by atoms with Crippen molar-refractivity contribution in [2.24, 2.45) is 5.92 Å². The molecule has 1 amide bonds. The molecule has 0 aromatic heterocycles. The van der Waals surface area contributed by atoms with Crippen LogP contribution in [-0.2, 0) is 14.3 Å². The van der Waals surface area contributed by atoms with Crippen LogP contribution in [-0.4, -0.2) is 33.5 Å². The minimum atomic E-state index is -0.868. The summed E-state index contributed by atoms with van der Waals surface area (Å²) < 4.78 is 4.72. The zero-order valence-electron chi connectivity index (χ0n) is 10.6. The van der Waals surface area contributed by atoms with Crippen LogP contribution in [0.15, 0.2) is 9.89 Å². The van der Waals surface area contributed by atoms with Gasteiger partial charge in [-0.25, -0.2) is 4.79 Å². The SMILES string of the molecule is COC(=O)[C@@H](NC(=O)C1(Br)SC=C(Br)C1Br)C(C)C. The zero-order valence-corrected chi connectivity index (χ0v) is 16.2. The number of nitrogens with one attached hydrogen (secondary N) is 1. The molecular formula is C11H14Br3NO3S. The predicted octanol–water partition coefficient (Wildman–Crippen LogP) is 3.14. The Bertz CT molecular complexity index is 416.